The summed E-state index contributed by atoms with van der Waals surface area (Å²) in [5.74, 6) is 3.64. The molecule has 0 spiro atoms. The summed E-state index contributed by atoms with van der Waals surface area (Å²) in [5, 5.41) is 3.76. The number of hydrogen-bond donors (Lipinski definition) is 1. The van der Waals surface area contributed by atoms with E-state index in [0.29, 0.717) is 17.7 Å². The van der Waals surface area contributed by atoms with Crippen LogP contribution in [-0.2, 0) is 4.79 Å². The van der Waals surface area contributed by atoms with Crippen LogP contribution in [0.4, 0.5) is 0 Å². The minimum Gasteiger partial charge on any atom is -0.310 e. The smallest absolute Gasteiger partial charge is 0.137 e. The number of rotatable bonds is 0. The van der Waals surface area contributed by atoms with Crippen LogP contribution in [0.5, 0.6) is 0 Å². The van der Waals surface area contributed by atoms with Crippen LogP contribution in [-0.4, -0.2) is 17.9 Å². The molecule has 6 unspecified atom stereocenters. The molecule has 82 valence electrons. The summed E-state index contributed by atoms with van der Waals surface area (Å²) in [5.41, 5.74) is 0. The van der Waals surface area contributed by atoms with Crippen molar-refractivity contribution in [1.82, 2.24) is 5.32 Å². The van der Waals surface area contributed by atoms with Crippen LogP contribution in [0.25, 0.3) is 0 Å². The highest BCUT2D eigenvalue weighted by Crippen LogP contribution is 2.57. The Kier molecular flexibility index (Phi) is 1.66. The molecule has 2 nitrogen and oxygen atoms in total. The zero-order valence-electron chi connectivity index (χ0n) is 9.11. The summed E-state index contributed by atoms with van der Waals surface area (Å²) in [7, 11) is 0. The lowest BCUT2D eigenvalue weighted by Crippen LogP contribution is -2.37. The van der Waals surface area contributed by atoms with Gasteiger partial charge in [-0.15, -0.1) is 0 Å². The summed E-state index contributed by atoms with van der Waals surface area (Å²) in [6, 6.07) is 1.33. The molecule has 15 heavy (non-hydrogen) atoms. The Morgan fingerprint density at radius 2 is 1.93 bits per heavy atom. The Morgan fingerprint density at radius 1 is 1.07 bits per heavy atom. The van der Waals surface area contributed by atoms with Crippen molar-refractivity contribution in [2.45, 2.75) is 50.6 Å². The van der Waals surface area contributed by atoms with E-state index in [1.54, 1.807) is 0 Å². The molecule has 1 saturated heterocycles. The zero-order chi connectivity index (χ0) is 9.99. The molecule has 0 amide bonds. The van der Waals surface area contributed by atoms with Crippen LogP contribution in [0.15, 0.2) is 0 Å². The lowest BCUT2D eigenvalue weighted by atomic mass is 9.73. The van der Waals surface area contributed by atoms with Gasteiger partial charge in [-0.05, 0) is 37.0 Å². The quantitative estimate of drug-likeness (QED) is 0.652. The van der Waals surface area contributed by atoms with Crippen LogP contribution >= 0.6 is 0 Å². The van der Waals surface area contributed by atoms with Gasteiger partial charge in [0.05, 0.1) is 0 Å². The molecule has 4 fully saturated rings. The van der Waals surface area contributed by atoms with Gasteiger partial charge in [-0.25, -0.2) is 0 Å². The predicted molar refractivity (Wildman–Crippen MR) is 57.4 cm³/mol. The first-order valence-corrected chi connectivity index (χ1v) is 6.63. The van der Waals surface area contributed by atoms with Crippen molar-refractivity contribution in [3.05, 3.63) is 0 Å². The van der Waals surface area contributed by atoms with E-state index in [1.165, 1.54) is 32.1 Å². The van der Waals surface area contributed by atoms with E-state index in [1.807, 2.05) is 0 Å². The zero-order valence-corrected chi connectivity index (χ0v) is 9.11. The normalized spacial score (nSPS) is 56.9. The molecule has 0 bridgehead atoms. The number of carbonyl (C=O) groups excluding carboxylic acids is 1. The van der Waals surface area contributed by atoms with E-state index in [9.17, 15) is 4.79 Å². The van der Waals surface area contributed by atoms with Crippen LogP contribution in [0.3, 0.4) is 0 Å². The predicted octanol–water partition coefficient (Wildman–Crippen LogP) is 1.74. The summed E-state index contributed by atoms with van der Waals surface area (Å²) in [4.78, 5) is 11.7. The van der Waals surface area contributed by atoms with Gasteiger partial charge in [-0.2, -0.15) is 0 Å². The SMILES string of the molecule is O=C1CC2NC3CCCCC3C2C2CC12. The minimum absolute atomic E-state index is 0.494. The number of Topliss-reactive ketones (excluding diaryl/α,β-unsaturated/α-hetero) is 1. The molecule has 3 saturated carbocycles. The number of fused-ring (bicyclic) bond motifs is 5. The summed E-state index contributed by atoms with van der Waals surface area (Å²) in [6.07, 6.45) is 7.69. The Balaban J connectivity index is 1.64. The molecule has 0 aromatic rings. The third-order valence-corrected chi connectivity index (χ3v) is 5.38. The number of ketones is 1. The van der Waals surface area contributed by atoms with Gasteiger partial charge in [0.1, 0.15) is 5.78 Å². The molecule has 0 aromatic heterocycles. The van der Waals surface area contributed by atoms with Crippen molar-refractivity contribution in [2.24, 2.45) is 23.7 Å². The topological polar surface area (TPSA) is 29.1 Å². The van der Waals surface area contributed by atoms with Crippen molar-refractivity contribution in [3.63, 3.8) is 0 Å². The molecule has 1 N–H and O–H groups in total. The maximum atomic E-state index is 11.7. The molecule has 0 aromatic carbocycles. The number of hydrogen-bond acceptors (Lipinski definition) is 2. The van der Waals surface area contributed by atoms with Gasteiger partial charge in [0.15, 0.2) is 0 Å². The number of carbonyl (C=O) groups is 1. The van der Waals surface area contributed by atoms with Crippen LogP contribution < -0.4 is 5.32 Å². The number of nitrogens with one attached hydrogen (secondary N) is 1. The molecule has 6 atom stereocenters. The average Bonchev–Trinajstić information content (AvgIpc) is 2.95. The third-order valence-electron chi connectivity index (χ3n) is 5.38. The second-order valence-electron chi connectivity index (χ2n) is 6.08. The molecule has 1 aliphatic heterocycles. The Hall–Kier alpha value is -0.370. The van der Waals surface area contributed by atoms with E-state index in [0.717, 1.165) is 30.2 Å². The second kappa shape index (κ2) is 2.85. The van der Waals surface area contributed by atoms with Crippen molar-refractivity contribution >= 4 is 5.78 Å². The minimum atomic E-state index is 0.494. The van der Waals surface area contributed by atoms with Gasteiger partial charge in [-0.3, -0.25) is 4.79 Å². The monoisotopic (exact) mass is 205 g/mol. The molecule has 1 heterocycles. The van der Waals surface area contributed by atoms with Crippen molar-refractivity contribution in [3.8, 4) is 0 Å². The Labute approximate surface area is 90.8 Å². The van der Waals surface area contributed by atoms with Gasteiger partial charge in [0.25, 0.3) is 0 Å². The lowest BCUT2D eigenvalue weighted by molar-refractivity contribution is -0.122. The van der Waals surface area contributed by atoms with Crippen molar-refractivity contribution < 1.29 is 4.79 Å². The maximum absolute atomic E-state index is 11.7. The van der Waals surface area contributed by atoms with E-state index < -0.39 is 0 Å². The van der Waals surface area contributed by atoms with Gasteiger partial charge < -0.3 is 5.32 Å². The largest absolute Gasteiger partial charge is 0.310 e. The molecule has 0 radical (unpaired) electrons. The van der Waals surface area contributed by atoms with Gasteiger partial charge in [-0.1, -0.05) is 12.8 Å². The van der Waals surface area contributed by atoms with Crippen molar-refractivity contribution in [1.29, 1.82) is 0 Å². The molecular formula is C13H19NO. The summed E-state index contributed by atoms with van der Waals surface area (Å²) >= 11 is 0. The Bertz CT molecular complexity index is 314. The van der Waals surface area contributed by atoms with Gasteiger partial charge in [0.2, 0.25) is 0 Å². The fourth-order valence-corrected chi connectivity index (χ4v) is 4.70. The maximum Gasteiger partial charge on any atom is 0.137 e. The first-order chi connectivity index (χ1) is 7.34. The highest BCUT2D eigenvalue weighted by Gasteiger charge is 2.60. The van der Waals surface area contributed by atoms with Gasteiger partial charge >= 0.3 is 0 Å². The lowest BCUT2D eigenvalue weighted by Gasteiger charge is -2.30. The molecular weight excluding hydrogens is 186 g/mol. The second-order valence-corrected chi connectivity index (χ2v) is 6.08. The van der Waals surface area contributed by atoms with Crippen LogP contribution in [0, 0.1) is 23.7 Å². The third kappa shape index (κ3) is 1.12. The van der Waals surface area contributed by atoms with E-state index >= 15 is 0 Å². The van der Waals surface area contributed by atoms with Crippen LogP contribution in [0.2, 0.25) is 0 Å². The van der Waals surface area contributed by atoms with E-state index in [4.69, 9.17) is 0 Å². The van der Waals surface area contributed by atoms with E-state index in [-0.39, 0.29) is 0 Å². The van der Waals surface area contributed by atoms with Crippen molar-refractivity contribution in [2.75, 3.05) is 0 Å². The molecule has 4 rings (SSSR count). The summed E-state index contributed by atoms with van der Waals surface area (Å²) in [6.45, 7) is 0. The molecule has 4 aliphatic rings. The highest BCUT2D eigenvalue weighted by molar-refractivity contribution is 5.85. The average molecular weight is 205 g/mol. The fraction of sp³-hybridized carbons (Fsp3) is 0.923. The fourth-order valence-electron chi connectivity index (χ4n) is 4.70. The van der Waals surface area contributed by atoms with Crippen LogP contribution in [0.1, 0.15) is 38.5 Å². The Morgan fingerprint density at radius 3 is 2.87 bits per heavy atom. The van der Waals surface area contributed by atoms with E-state index in [2.05, 4.69) is 5.32 Å². The standard InChI is InChI=1S/C13H19NO/c15-12-6-11-13(9-5-8(9)12)7-3-1-2-4-10(7)14-11/h7-11,13-14H,1-6H2. The summed E-state index contributed by atoms with van der Waals surface area (Å²) < 4.78 is 0. The van der Waals surface area contributed by atoms with Gasteiger partial charge in [0, 0.05) is 24.4 Å². The highest BCUT2D eigenvalue weighted by atomic mass is 16.1. The first-order valence-electron chi connectivity index (χ1n) is 6.63. The molecule has 3 aliphatic carbocycles. The molecule has 2 heteroatoms. The first kappa shape index (κ1) is 8.74.